The van der Waals surface area contributed by atoms with Crippen LogP contribution in [0, 0.1) is 5.82 Å². The van der Waals surface area contributed by atoms with E-state index in [4.69, 9.17) is 0 Å². The molecule has 0 spiro atoms. The topological polar surface area (TPSA) is 48.5 Å². The van der Waals surface area contributed by atoms with Gasteiger partial charge in [-0.2, -0.15) is 8.78 Å². The van der Waals surface area contributed by atoms with Crippen LogP contribution in [0.5, 0.6) is 0 Å². The standard InChI is InChI=1S/C17H12F3N5S/c18-11-5-1-3-7-13(11)24-10-21-23-17(24)26-9-15-22-12-6-2-4-8-14(12)25(15)16(19)20/h1-8,10,16H,9H2. The Bertz CT molecular complexity index is 1060. The molecule has 2 aromatic heterocycles. The number of rotatable bonds is 5. The summed E-state index contributed by atoms with van der Waals surface area (Å²) in [4.78, 5) is 4.28. The second kappa shape index (κ2) is 6.83. The lowest BCUT2D eigenvalue weighted by atomic mass is 10.3. The summed E-state index contributed by atoms with van der Waals surface area (Å²) < 4.78 is 43.4. The zero-order valence-electron chi connectivity index (χ0n) is 13.3. The summed E-state index contributed by atoms with van der Waals surface area (Å²) in [6.07, 6.45) is 1.39. The Morgan fingerprint density at radius 3 is 2.62 bits per heavy atom. The number of imidazole rings is 1. The van der Waals surface area contributed by atoms with E-state index in [0.29, 0.717) is 21.9 Å². The van der Waals surface area contributed by atoms with Crippen molar-refractivity contribution >= 4 is 22.8 Å². The van der Waals surface area contributed by atoms with Gasteiger partial charge in [0.25, 0.3) is 0 Å². The molecule has 4 aromatic rings. The number of fused-ring (bicyclic) bond motifs is 1. The molecule has 4 rings (SSSR count). The van der Waals surface area contributed by atoms with Crippen molar-refractivity contribution in [2.75, 3.05) is 0 Å². The SMILES string of the molecule is Fc1ccccc1-n1cnnc1SCc1nc2ccccc2n1C(F)F. The number of aromatic nitrogens is 5. The van der Waals surface area contributed by atoms with Crippen LogP contribution in [0.3, 0.4) is 0 Å². The van der Waals surface area contributed by atoms with Gasteiger partial charge in [-0.15, -0.1) is 10.2 Å². The molecule has 0 saturated carbocycles. The number of para-hydroxylation sites is 3. The molecule has 0 radical (unpaired) electrons. The predicted molar refractivity (Wildman–Crippen MR) is 91.9 cm³/mol. The van der Waals surface area contributed by atoms with Crippen molar-refractivity contribution in [2.24, 2.45) is 0 Å². The second-order valence-electron chi connectivity index (χ2n) is 5.39. The molecule has 0 bridgehead atoms. The number of thioether (sulfide) groups is 1. The van der Waals surface area contributed by atoms with Gasteiger partial charge in [-0.05, 0) is 24.3 Å². The third-order valence-electron chi connectivity index (χ3n) is 3.82. The predicted octanol–water partition coefficient (Wildman–Crippen LogP) is 4.44. The van der Waals surface area contributed by atoms with Crippen LogP contribution in [-0.2, 0) is 5.75 Å². The van der Waals surface area contributed by atoms with Crippen LogP contribution in [0.1, 0.15) is 12.4 Å². The molecule has 0 aliphatic heterocycles. The number of benzene rings is 2. The second-order valence-corrected chi connectivity index (χ2v) is 6.33. The monoisotopic (exact) mass is 375 g/mol. The van der Waals surface area contributed by atoms with Crippen molar-refractivity contribution in [1.82, 2.24) is 24.3 Å². The molecular formula is C17H12F3N5S. The number of hydrogen-bond donors (Lipinski definition) is 0. The van der Waals surface area contributed by atoms with Crippen molar-refractivity contribution in [2.45, 2.75) is 17.5 Å². The molecule has 26 heavy (non-hydrogen) atoms. The van der Waals surface area contributed by atoms with Crippen LogP contribution in [-0.4, -0.2) is 24.3 Å². The minimum Gasteiger partial charge on any atom is -0.274 e. The van der Waals surface area contributed by atoms with Gasteiger partial charge in [-0.3, -0.25) is 9.13 Å². The van der Waals surface area contributed by atoms with Gasteiger partial charge in [0.2, 0.25) is 0 Å². The minimum absolute atomic E-state index is 0.145. The van der Waals surface area contributed by atoms with Crippen LogP contribution in [0.2, 0.25) is 0 Å². The summed E-state index contributed by atoms with van der Waals surface area (Å²) in [7, 11) is 0. The highest BCUT2D eigenvalue weighted by Gasteiger charge is 2.19. The van der Waals surface area contributed by atoms with Crippen molar-refractivity contribution in [3.05, 3.63) is 66.5 Å². The summed E-state index contributed by atoms with van der Waals surface area (Å²) in [5.41, 5.74) is 1.16. The number of halogens is 3. The highest BCUT2D eigenvalue weighted by Crippen LogP contribution is 2.29. The van der Waals surface area contributed by atoms with Gasteiger partial charge in [0.1, 0.15) is 18.0 Å². The number of hydrogen-bond acceptors (Lipinski definition) is 4. The lowest BCUT2D eigenvalue weighted by molar-refractivity contribution is 0.0722. The lowest BCUT2D eigenvalue weighted by Gasteiger charge is -2.09. The Hall–Kier alpha value is -2.81. The van der Waals surface area contributed by atoms with E-state index in [0.717, 1.165) is 16.3 Å². The zero-order chi connectivity index (χ0) is 18.1. The lowest BCUT2D eigenvalue weighted by Crippen LogP contribution is -2.04. The Morgan fingerprint density at radius 1 is 1.04 bits per heavy atom. The third-order valence-corrected chi connectivity index (χ3v) is 4.76. The normalized spacial score (nSPS) is 11.5. The maximum absolute atomic E-state index is 14.0. The van der Waals surface area contributed by atoms with E-state index in [9.17, 15) is 13.2 Å². The van der Waals surface area contributed by atoms with Gasteiger partial charge < -0.3 is 0 Å². The van der Waals surface area contributed by atoms with Crippen molar-refractivity contribution < 1.29 is 13.2 Å². The largest absolute Gasteiger partial charge is 0.320 e. The summed E-state index contributed by atoms with van der Waals surface area (Å²) >= 11 is 1.16. The van der Waals surface area contributed by atoms with Crippen LogP contribution < -0.4 is 0 Å². The van der Waals surface area contributed by atoms with Crippen molar-refractivity contribution in [3.63, 3.8) is 0 Å². The summed E-state index contributed by atoms with van der Waals surface area (Å²) in [5, 5.41) is 8.16. The van der Waals surface area contributed by atoms with Gasteiger partial charge in [0.15, 0.2) is 5.16 Å². The van der Waals surface area contributed by atoms with E-state index in [2.05, 4.69) is 15.2 Å². The van der Waals surface area contributed by atoms with Crippen molar-refractivity contribution in [3.8, 4) is 5.69 Å². The molecule has 2 aromatic carbocycles. The van der Waals surface area contributed by atoms with E-state index in [1.54, 1.807) is 42.5 Å². The summed E-state index contributed by atoms with van der Waals surface area (Å²) in [6, 6.07) is 12.9. The van der Waals surface area contributed by atoms with Crippen LogP contribution in [0.25, 0.3) is 16.7 Å². The molecule has 0 aliphatic carbocycles. The fourth-order valence-corrected chi connectivity index (χ4v) is 3.53. The summed E-state index contributed by atoms with van der Waals surface area (Å²) in [5.74, 6) is -0.0603. The Labute approximate surface area is 150 Å². The summed E-state index contributed by atoms with van der Waals surface area (Å²) in [6.45, 7) is -2.71. The Kier molecular flexibility index (Phi) is 4.37. The molecule has 9 heteroatoms. The molecule has 0 aliphatic rings. The molecule has 0 fully saturated rings. The van der Waals surface area contributed by atoms with Crippen molar-refractivity contribution in [1.29, 1.82) is 0 Å². The van der Waals surface area contributed by atoms with Gasteiger partial charge in [0, 0.05) is 0 Å². The molecule has 132 valence electrons. The van der Waals surface area contributed by atoms with E-state index < -0.39 is 12.4 Å². The van der Waals surface area contributed by atoms with Crippen LogP contribution in [0.15, 0.2) is 60.0 Å². The first-order chi connectivity index (χ1) is 12.6. The zero-order valence-corrected chi connectivity index (χ0v) is 14.1. The van der Waals surface area contributed by atoms with E-state index >= 15 is 0 Å². The van der Waals surface area contributed by atoms with E-state index in [1.165, 1.54) is 17.0 Å². The highest BCUT2D eigenvalue weighted by atomic mass is 32.2. The first kappa shape index (κ1) is 16.6. The maximum Gasteiger partial charge on any atom is 0.320 e. The molecule has 0 N–H and O–H groups in total. The molecule has 5 nitrogen and oxygen atoms in total. The van der Waals surface area contributed by atoms with Gasteiger partial charge in [0.05, 0.1) is 22.5 Å². The quantitative estimate of drug-likeness (QED) is 0.484. The minimum atomic E-state index is -2.71. The molecule has 2 heterocycles. The van der Waals surface area contributed by atoms with Crippen LogP contribution >= 0.6 is 11.8 Å². The molecular weight excluding hydrogens is 363 g/mol. The number of alkyl halides is 2. The average Bonchev–Trinajstić information content (AvgIpc) is 3.24. The Morgan fingerprint density at radius 2 is 1.81 bits per heavy atom. The average molecular weight is 375 g/mol. The third kappa shape index (κ3) is 2.94. The number of nitrogens with zero attached hydrogens (tertiary/aromatic N) is 5. The van der Waals surface area contributed by atoms with Gasteiger partial charge >= 0.3 is 6.55 Å². The molecule has 0 unspecified atom stereocenters. The van der Waals surface area contributed by atoms with Gasteiger partial charge in [-0.1, -0.05) is 36.0 Å². The van der Waals surface area contributed by atoms with Crippen LogP contribution in [0.4, 0.5) is 13.2 Å². The highest BCUT2D eigenvalue weighted by molar-refractivity contribution is 7.98. The van der Waals surface area contributed by atoms with E-state index in [-0.39, 0.29) is 11.6 Å². The van der Waals surface area contributed by atoms with E-state index in [1.807, 2.05) is 0 Å². The Balaban J connectivity index is 1.65. The molecule has 0 amide bonds. The first-order valence-electron chi connectivity index (χ1n) is 7.67. The fourth-order valence-electron chi connectivity index (χ4n) is 2.68. The van der Waals surface area contributed by atoms with Gasteiger partial charge in [-0.25, -0.2) is 9.37 Å². The molecule has 0 saturated heterocycles. The smallest absolute Gasteiger partial charge is 0.274 e. The molecule has 0 atom stereocenters. The fraction of sp³-hybridized carbons (Fsp3) is 0.118. The maximum atomic E-state index is 14.0. The first-order valence-corrected chi connectivity index (χ1v) is 8.65.